The van der Waals surface area contributed by atoms with Crippen molar-refractivity contribution in [1.82, 2.24) is 9.55 Å². The first-order valence-corrected chi connectivity index (χ1v) is 8.94. The summed E-state index contributed by atoms with van der Waals surface area (Å²) in [5.41, 5.74) is -6.70. The van der Waals surface area contributed by atoms with Crippen LogP contribution in [0.1, 0.15) is 22.4 Å². The van der Waals surface area contributed by atoms with Crippen LogP contribution < -0.4 is 10.9 Å². The highest BCUT2D eigenvalue weighted by molar-refractivity contribution is 5.57. The molecule has 3 rings (SSSR count). The molecule has 4 nitrogen and oxygen atoms in total. The average molecular weight is 481 g/mol. The molecule has 0 amide bonds. The molecule has 1 heterocycles. The zero-order chi connectivity index (χ0) is 24.6. The predicted molar refractivity (Wildman–Crippen MR) is 98.8 cm³/mol. The van der Waals surface area contributed by atoms with Gasteiger partial charge in [-0.05, 0) is 23.8 Å². The molecule has 0 saturated carbocycles. The van der Waals surface area contributed by atoms with E-state index in [4.69, 9.17) is 0 Å². The van der Waals surface area contributed by atoms with Crippen LogP contribution in [0.15, 0.2) is 59.4 Å². The lowest BCUT2D eigenvalue weighted by molar-refractivity contribution is -0.143. The summed E-state index contributed by atoms with van der Waals surface area (Å²) in [6, 6.07) is 8.37. The molecule has 176 valence electrons. The van der Waals surface area contributed by atoms with Crippen LogP contribution in [0.5, 0.6) is 0 Å². The zero-order valence-electron chi connectivity index (χ0n) is 16.1. The molecule has 0 spiro atoms. The molecular formula is C20H12F9N3O. The number of halogens is 9. The standard InChI is InChI=1S/C20H12F9N3O/c21-18(22,23)12-6-13(19(24,25)26)8-14(7-12)30-17-31-15(20(27,28)29)9-16(33)32(17)10-11-4-2-1-3-5-11/h1-9H,10H2,(H,30,31). The van der Waals surface area contributed by atoms with Crippen molar-refractivity contribution in [2.45, 2.75) is 25.1 Å². The van der Waals surface area contributed by atoms with Gasteiger partial charge in [-0.15, -0.1) is 0 Å². The second kappa shape index (κ2) is 8.45. The number of anilines is 2. The van der Waals surface area contributed by atoms with Gasteiger partial charge in [-0.1, -0.05) is 30.3 Å². The van der Waals surface area contributed by atoms with Gasteiger partial charge in [0, 0.05) is 11.8 Å². The maximum absolute atomic E-state index is 13.2. The molecule has 0 fully saturated rings. The summed E-state index contributed by atoms with van der Waals surface area (Å²) < 4.78 is 119. The van der Waals surface area contributed by atoms with Crippen molar-refractivity contribution in [2.24, 2.45) is 0 Å². The summed E-state index contributed by atoms with van der Waals surface area (Å²) in [6.07, 6.45) is -15.4. The molecule has 1 aromatic heterocycles. The third kappa shape index (κ3) is 5.84. The number of alkyl halides is 9. The summed E-state index contributed by atoms with van der Waals surface area (Å²) in [4.78, 5) is 15.6. The van der Waals surface area contributed by atoms with Gasteiger partial charge in [0.15, 0.2) is 5.69 Å². The minimum absolute atomic E-state index is 0.137. The van der Waals surface area contributed by atoms with Crippen molar-refractivity contribution in [2.75, 3.05) is 5.32 Å². The van der Waals surface area contributed by atoms with E-state index in [0.717, 1.165) is 0 Å². The van der Waals surface area contributed by atoms with Gasteiger partial charge < -0.3 is 5.32 Å². The topological polar surface area (TPSA) is 46.9 Å². The van der Waals surface area contributed by atoms with E-state index in [1.807, 2.05) is 5.32 Å². The van der Waals surface area contributed by atoms with Gasteiger partial charge in [0.1, 0.15) is 0 Å². The van der Waals surface area contributed by atoms with E-state index in [1.54, 1.807) is 18.2 Å². The lowest BCUT2D eigenvalue weighted by Crippen LogP contribution is -2.27. The Morgan fingerprint density at radius 2 is 1.30 bits per heavy atom. The summed E-state index contributed by atoms with van der Waals surface area (Å²) >= 11 is 0. The Labute approximate surface area is 179 Å². The van der Waals surface area contributed by atoms with Gasteiger partial charge >= 0.3 is 18.5 Å². The number of benzene rings is 2. The molecule has 0 aliphatic heterocycles. The second-order valence-corrected chi connectivity index (χ2v) is 6.79. The molecule has 0 radical (unpaired) electrons. The molecular weight excluding hydrogens is 469 g/mol. The van der Waals surface area contributed by atoms with Crippen LogP contribution in [-0.4, -0.2) is 9.55 Å². The van der Waals surface area contributed by atoms with Gasteiger partial charge in [0.25, 0.3) is 5.56 Å². The summed E-state index contributed by atoms with van der Waals surface area (Å²) in [6.45, 7) is -0.349. The molecule has 0 bridgehead atoms. The van der Waals surface area contributed by atoms with Crippen molar-refractivity contribution in [3.05, 3.63) is 87.3 Å². The van der Waals surface area contributed by atoms with Crippen LogP contribution in [0.2, 0.25) is 0 Å². The van der Waals surface area contributed by atoms with Gasteiger partial charge in [-0.2, -0.15) is 39.5 Å². The maximum atomic E-state index is 13.2. The number of aromatic nitrogens is 2. The highest BCUT2D eigenvalue weighted by Crippen LogP contribution is 2.38. The van der Waals surface area contributed by atoms with Crippen molar-refractivity contribution >= 4 is 11.6 Å². The molecule has 0 atom stereocenters. The zero-order valence-corrected chi connectivity index (χ0v) is 16.1. The van der Waals surface area contributed by atoms with Crippen LogP contribution in [0, 0.1) is 0 Å². The van der Waals surface area contributed by atoms with E-state index in [-0.39, 0.29) is 30.8 Å². The SMILES string of the molecule is O=c1cc(C(F)(F)F)nc(Nc2cc(C(F)(F)F)cc(C(F)(F)F)c2)n1Cc1ccccc1. The van der Waals surface area contributed by atoms with Crippen LogP contribution >= 0.6 is 0 Å². The minimum atomic E-state index is -5.18. The third-order valence-electron chi connectivity index (χ3n) is 4.33. The highest BCUT2D eigenvalue weighted by Gasteiger charge is 2.37. The fourth-order valence-corrected chi connectivity index (χ4v) is 2.82. The van der Waals surface area contributed by atoms with Crippen LogP contribution in [-0.2, 0) is 25.1 Å². The third-order valence-corrected chi connectivity index (χ3v) is 4.33. The Kier molecular flexibility index (Phi) is 6.18. The lowest BCUT2D eigenvalue weighted by Gasteiger charge is -2.18. The molecule has 0 saturated heterocycles. The molecule has 0 unspecified atom stereocenters. The Balaban J connectivity index is 2.17. The first-order valence-electron chi connectivity index (χ1n) is 8.94. The van der Waals surface area contributed by atoms with Crippen molar-refractivity contribution in [3.63, 3.8) is 0 Å². The van der Waals surface area contributed by atoms with E-state index in [1.165, 1.54) is 12.1 Å². The largest absolute Gasteiger partial charge is 0.433 e. The molecule has 2 aromatic carbocycles. The van der Waals surface area contributed by atoms with E-state index >= 15 is 0 Å². The van der Waals surface area contributed by atoms with Crippen LogP contribution in [0.4, 0.5) is 51.1 Å². The number of nitrogens with zero attached hydrogens (tertiary/aromatic N) is 2. The molecule has 3 aromatic rings. The van der Waals surface area contributed by atoms with Crippen molar-refractivity contribution in [3.8, 4) is 0 Å². The molecule has 0 aliphatic carbocycles. The van der Waals surface area contributed by atoms with Gasteiger partial charge in [-0.25, -0.2) is 4.98 Å². The van der Waals surface area contributed by atoms with Crippen molar-refractivity contribution in [1.29, 1.82) is 0 Å². The highest BCUT2D eigenvalue weighted by atomic mass is 19.4. The average Bonchev–Trinajstić information content (AvgIpc) is 2.69. The van der Waals surface area contributed by atoms with Gasteiger partial charge in [-0.3, -0.25) is 9.36 Å². The summed E-state index contributed by atoms with van der Waals surface area (Å²) in [5, 5.41) is 2.02. The van der Waals surface area contributed by atoms with E-state index < -0.39 is 52.5 Å². The summed E-state index contributed by atoms with van der Waals surface area (Å²) in [7, 11) is 0. The number of rotatable bonds is 4. The Bertz CT molecular complexity index is 1160. The molecule has 33 heavy (non-hydrogen) atoms. The number of hydrogen-bond donors (Lipinski definition) is 1. The Morgan fingerprint density at radius 3 is 1.79 bits per heavy atom. The first kappa shape index (κ1) is 24.1. The summed E-state index contributed by atoms with van der Waals surface area (Å²) in [5.74, 6) is -0.883. The van der Waals surface area contributed by atoms with Crippen LogP contribution in [0.3, 0.4) is 0 Å². The predicted octanol–water partition coefficient (Wildman–Crippen LogP) is 6.09. The Morgan fingerprint density at radius 1 is 0.758 bits per heavy atom. The second-order valence-electron chi connectivity index (χ2n) is 6.79. The normalized spacial score (nSPS) is 12.6. The van der Waals surface area contributed by atoms with E-state index in [9.17, 15) is 44.3 Å². The van der Waals surface area contributed by atoms with E-state index in [0.29, 0.717) is 10.1 Å². The van der Waals surface area contributed by atoms with E-state index in [2.05, 4.69) is 4.98 Å². The van der Waals surface area contributed by atoms with Gasteiger partial charge in [0.05, 0.1) is 17.7 Å². The quantitative estimate of drug-likeness (QED) is 0.459. The van der Waals surface area contributed by atoms with Crippen LogP contribution in [0.25, 0.3) is 0 Å². The smallest absolute Gasteiger partial charge is 0.325 e. The fourth-order valence-electron chi connectivity index (χ4n) is 2.82. The van der Waals surface area contributed by atoms with Gasteiger partial charge in [0.2, 0.25) is 5.95 Å². The molecule has 1 N–H and O–H groups in total. The Hall–Kier alpha value is -3.51. The molecule has 13 heteroatoms. The fraction of sp³-hybridized carbons (Fsp3) is 0.200. The lowest BCUT2D eigenvalue weighted by atomic mass is 10.1. The molecule has 0 aliphatic rings. The number of hydrogen-bond acceptors (Lipinski definition) is 3. The minimum Gasteiger partial charge on any atom is -0.325 e. The maximum Gasteiger partial charge on any atom is 0.433 e. The monoisotopic (exact) mass is 481 g/mol. The number of nitrogens with one attached hydrogen (secondary N) is 1. The first-order chi connectivity index (χ1) is 15.1. The van der Waals surface area contributed by atoms with Crippen molar-refractivity contribution < 1.29 is 39.5 Å².